The Kier molecular flexibility index (Phi) is 5.87. The van der Waals surface area contributed by atoms with Gasteiger partial charge >= 0.3 is 12.5 Å². The molecule has 0 spiro atoms. The predicted molar refractivity (Wildman–Crippen MR) is 86.3 cm³/mol. The first-order chi connectivity index (χ1) is 12.5. The van der Waals surface area contributed by atoms with Gasteiger partial charge in [-0.2, -0.15) is 13.2 Å². The number of rotatable bonds is 5. The minimum absolute atomic E-state index is 0.288. The van der Waals surface area contributed by atoms with Crippen LogP contribution in [0.5, 0.6) is 5.75 Å². The van der Waals surface area contributed by atoms with E-state index in [1.165, 1.54) is 31.2 Å². The van der Waals surface area contributed by atoms with Crippen LogP contribution in [0, 0.1) is 0 Å². The van der Waals surface area contributed by atoms with E-state index < -0.39 is 41.5 Å². The highest BCUT2D eigenvalue weighted by atomic mass is 19.4. The molecule has 4 nitrogen and oxygen atoms in total. The monoisotopic (exact) mass is 392 g/mol. The minimum Gasteiger partial charge on any atom is -0.406 e. The Balaban J connectivity index is 2.02. The third kappa shape index (κ3) is 6.08. The summed E-state index contributed by atoms with van der Waals surface area (Å²) in [6, 6.07) is 8.12. The lowest BCUT2D eigenvalue weighted by Crippen LogP contribution is -2.32. The van der Waals surface area contributed by atoms with Crippen LogP contribution in [0.1, 0.15) is 12.5 Å². The van der Waals surface area contributed by atoms with Gasteiger partial charge in [-0.05, 0) is 43.3 Å². The Morgan fingerprint density at radius 3 is 2.11 bits per heavy atom. The molecule has 0 heterocycles. The molecule has 0 bridgehead atoms. The van der Waals surface area contributed by atoms with Crippen LogP contribution in [0.3, 0.4) is 0 Å². The second-order valence-corrected chi connectivity index (χ2v) is 5.47. The first kappa shape index (κ1) is 20.4. The second-order valence-electron chi connectivity index (χ2n) is 5.47. The van der Waals surface area contributed by atoms with Gasteiger partial charge in [-0.3, -0.25) is 4.79 Å². The van der Waals surface area contributed by atoms with Crippen LogP contribution in [-0.4, -0.2) is 18.3 Å². The number of benzene rings is 2. The zero-order valence-electron chi connectivity index (χ0n) is 13.8. The summed E-state index contributed by atoms with van der Waals surface area (Å²) in [5.41, 5.74) is -1.09. The van der Waals surface area contributed by atoms with Crippen molar-refractivity contribution in [2.45, 2.75) is 25.5 Å². The zero-order valence-corrected chi connectivity index (χ0v) is 13.8. The van der Waals surface area contributed by atoms with Gasteiger partial charge in [0.2, 0.25) is 5.91 Å². The van der Waals surface area contributed by atoms with Crippen molar-refractivity contribution in [3.8, 4) is 5.75 Å². The molecule has 1 amide bonds. The third-order valence-electron chi connectivity index (χ3n) is 3.35. The fourth-order valence-corrected chi connectivity index (χ4v) is 2.15. The smallest absolute Gasteiger partial charge is 0.406 e. The van der Waals surface area contributed by atoms with Crippen molar-refractivity contribution >= 4 is 17.3 Å². The average molecular weight is 392 g/mol. The molecular weight excluding hydrogens is 378 g/mol. The highest BCUT2D eigenvalue weighted by Gasteiger charge is 2.34. The van der Waals surface area contributed by atoms with Crippen molar-refractivity contribution in [2.24, 2.45) is 0 Å². The Morgan fingerprint density at radius 2 is 1.56 bits per heavy atom. The summed E-state index contributed by atoms with van der Waals surface area (Å²) in [6.07, 6.45) is -9.46. The first-order valence-electron chi connectivity index (χ1n) is 7.55. The molecule has 1 atom stereocenters. The topological polar surface area (TPSA) is 50.4 Å². The van der Waals surface area contributed by atoms with Gasteiger partial charge in [-0.1, -0.05) is 12.1 Å². The minimum atomic E-state index is -4.83. The predicted octanol–water partition coefficient (Wildman–Crippen LogP) is 5.04. The number of carbonyl (C=O) groups is 1. The molecule has 0 saturated heterocycles. The van der Waals surface area contributed by atoms with E-state index in [1.807, 2.05) is 0 Å². The molecular formula is C17H14F6N2O2. The maximum absolute atomic E-state index is 12.9. The number of ether oxygens (including phenoxy) is 1. The van der Waals surface area contributed by atoms with Gasteiger partial charge in [0.1, 0.15) is 11.8 Å². The molecule has 146 valence electrons. The van der Waals surface area contributed by atoms with Crippen molar-refractivity contribution in [3.05, 3.63) is 54.1 Å². The number of hydrogen-bond donors (Lipinski definition) is 2. The van der Waals surface area contributed by atoms with Gasteiger partial charge in [-0.25, -0.2) is 0 Å². The fourth-order valence-electron chi connectivity index (χ4n) is 2.15. The van der Waals surface area contributed by atoms with Gasteiger partial charge in [0.15, 0.2) is 0 Å². The molecule has 0 aliphatic heterocycles. The molecule has 27 heavy (non-hydrogen) atoms. The van der Waals surface area contributed by atoms with E-state index in [2.05, 4.69) is 15.4 Å². The number of hydrogen-bond acceptors (Lipinski definition) is 3. The summed E-state index contributed by atoms with van der Waals surface area (Å²) in [6.45, 7) is 1.39. The Bertz CT molecular complexity index is 787. The van der Waals surface area contributed by atoms with Crippen LogP contribution in [0.25, 0.3) is 0 Å². The average Bonchev–Trinajstić information content (AvgIpc) is 2.54. The Morgan fingerprint density at radius 1 is 0.963 bits per heavy atom. The van der Waals surface area contributed by atoms with E-state index in [0.29, 0.717) is 0 Å². The fraction of sp³-hybridized carbons (Fsp3) is 0.235. The normalized spacial score (nSPS) is 13.0. The van der Waals surface area contributed by atoms with Crippen molar-refractivity contribution in [1.29, 1.82) is 0 Å². The van der Waals surface area contributed by atoms with Gasteiger partial charge < -0.3 is 15.4 Å². The third-order valence-corrected chi connectivity index (χ3v) is 3.35. The summed E-state index contributed by atoms with van der Waals surface area (Å²) in [7, 11) is 0. The van der Waals surface area contributed by atoms with Crippen LogP contribution in [0.2, 0.25) is 0 Å². The molecule has 1 unspecified atom stereocenters. The van der Waals surface area contributed by atoms with E-state index in [-0.39, 0.29) is 5.69 Å². The zero-order chi connectivity index (χ0) is 20.2. The molecule has 0 saturated carbocycles. The van der Waals surface area contributed by atoms with Gasteiger partial charge in [-0.15, -0.1) is 13.2 Å². The SMILES string of the molecule is CC(Nc1ccc(OC(F)(F)F)cc1)C(=O)Nc1ccccc1C(F)(F)F. The van der Waals surface area contributed by atoms with E-state index >= 15 is 0 Å². The van der Waals surface area contributed by atoms with Gasteiger partial charge in [0, 0.05) is 5.69 Å². The first-order valence-corrected chi connectivity index (χ1v) is 7.55. The summed E-state index contributed by atoms with van der Waals surface area (Å²) in [5.74, 6) is -1.19. The van der Waals surface area contributed by atoms with E-state index in [9.17, 15) is 31.1 Å². The highest BCUT2D eigenvalue weighted by Crippen LogP contribution is 2.34. The van der Waals surface area contributed by atoms with E-state index in [4.69, 9.17) is 0 Å². The molecule has 0 fully saturated rings. The van der Waals surface area contributed by atoms with Crippen molar-refractivity contribution in [1.82, 2.24) is 0 Å². The van der Waals surface area contributed by atoms with Crippen LogP contribution in [-0.2, 0) is 11.0 Å². The molecule has 0 aliphatic rings. The number of carbonyl (C=O) groups excluding carboxylic acids is 1. The lowest BCUT2D eigenvalue weighted by atomic mass is 10.1. The number of halogens is 6. The molecule has 0 aromatic heterocycles. The molecule has 2 aromatic rings. The molecule has 0 aliphatic carbocycles. The number of amides is 1. The second kappa shape index (κ2) is 7.77. The van der Waals surface area contributed by atoms with Crippen molar-refractivity contribution in [2.75, 3.05) is 10.6 Å². The van der Waals surface area contributed by atoms with Crippen molar-refractivity contribution in [3.63, 3.8) is 0 Å². The summed E-state index contributed by atoms with van der Waals surface area (Å²) < 4.78 is 78.9. The van der Waals surface area contributed by atoms with Crippen LogP contribution in [0.15, 0.2) is 48.5 Å². The number of alkyl halides is 6. The number of para-hydroxylation sites is 1. The Hall–Kier alpha value is -2.91. The molecule has 10 heteroatoms. The molecule has 2 N–H and O–H groups in total. The summed E-state index contributed by atoms with van der Waals surface area (Å²) in [5, 5.41) is 4.86. The molecule has 2 aromatic carbocycles. The van der Waals surface area contributed by atoms with Gasteiger partial charge in [0.25, 0.3) is 0 Å². The maximum atomic E-state index is 12.9. The van der Waals surface area contributed by atoms with Crippen LogP contribution < -0.4 is 15.4 Å². The molecule has 2 rings (SSSR count). The lowest BCUT2D eigenvalue weighted by molar-refractivity contribution is -0.274. The van der Waals surface area contributed by atoms with Crippen LogP contribution >= 0.6 is 0 Å². The highest BCUT2D eigenvalue weighted by molar-refractivity contribution is 5.96. The maximum Gasteiger partial charge on any atom is 0.573 e. The Labute approximate surface area is 150 Å². The standard InChI is InChI=1S/C17H14F6N2O2/c1-10(24-11-6-8-12(9-7-11)27-17(21,22)23)15(26)25-14-5-3-2-4-13(14)16(18,19)20/h2-10,24H,1H3,(H,25,26). The van der Waals surface area contributed by atoms with Crippen LogP contribution in [0.4, 0.5) is 37.7 Å². The summed E-state index contributed by atoms with van der Waals surface area (Å²) in [4.78, 5) is 12.1. The summed E-state index contributed by atoms with van der Waals surface area (Å²) >= 11 is 0. The van der Waals surface area contributed by atoms with E-state index in [1.54, 1.807) is 0 Å². The van der Waals surface area contributed by atoms with Gasteiger partial charge in [0.05, 0.1) is 11.3 Å². The lowest BCUT2D eigenvalue weighted by Gasteiger charge is -2.18. The quantitative estimate of drug-likeness (QED) is 0.701. The van der Waals surface area contributed by atoms with Crippen molar-refractivity contribution < 1.29 is 35.9 Å². The number of nitrogens with one attached hydrogen (secondary N) is 2. The molecule has 0 radical (unpaired) electrons. The largest absolute Gasteiger partial charge is 0.573 e. The number of anilines is 2. The van der Waals surface area contributed by atoms with E-state index in [0.717, 1.165) is 24.3 Å².